The lowest BCUT2D eigenvalue weighted by molar-refractivity contribution is 0.0803. The van der Waals surface area contributed by atoms with Crippen molar-refractivity contribution in [1.82, 2.24) is 0 Å². The number of hydrogen-bond acceptors (Lipinski definition) is 3. The number of halogens is 1. The first-order valence-electron chi connectivity index (χ1n) is 4.35. The highest BCUT2D eigenvalue weighted by molar-refractivity contribution is 6.31. The molecule has 80 valence electrons. The van der Waals surface area contributed by atoms with Crippen LogP contribution >= 0.6 is 11.6 Å². The van der Waals surface area contributed by atoms with Gasteiger partial charge in [-0.05, 0) is 18.2 Å². The quantitative estimate of drug-likeness (QED) is 0.477. The van der Waals surface area contributed by atoms with Gasteiger partial charge in [0.1, 0.15) is 12.4 Å². The van der Waals surface area contributed by atoms with Crippen molar-refractivity contribution in [2.45, 2.75) is 0 Å². The normalized spacial score (nSPS) is 9.93. The van der Waals surface area contributed by atoms with Crippen molar-refractivity contribution in [1.29, 1.82) is 0 Å². The Kier molecular flexibility index (Phi) is 4.34. The minimum Gasteiger partial charge on any atom is -0.507 e. The highest BCUT2D eigenvalue weighted by Gasteiger charge is 2.11. The van der Waals surface area contributed by atoms with E-state index in [0.717, 1.165) is 0 Å². The molecule has 1 aromatic rings. The Morgan fingerprint density at radius 3 is 3.00 bits per heavy atom. The zero-order valence-electron chi connectivity index (χ0n) is 8.07. The Hall–Kier alpha value is -1.32. The molecule has 3 nitrogen and oxygen atoms in total. The first-order valence-corrected chi connectivity index (χ1v) is 4.73. The highest BCUT2D eigenvalue weighted by atomic mass is 35.5. The van der Waals surface area contributed by atoms with E-state index < -0.39 is 0 Å². The minimum atomic E-state index is -0.308. The molecule has 0 atom stereocenters. The topological polar surface area (TPSA) is 46.5 Å². The maximum absolute atomic E-state index is 11.5. The summed E-state index contributed by atoms with van der Waals surface area (Å²) in [6.07, 6.45) is 1.55. The van der Waals surface area contributed by atoms with Gasteiger partial charge in [-0.1, -0.05) is 17.7 Å². The van der Waals surface area contributed by atoms with Crippen LogP contribution in [0.15, 0.2) is 30.9 Å². The molecule has 0 radical (unpaired) electrons. The van der Waals surface area contributed by atoms with Gasteiger partial charge >= 0.3 is 0 Å². The van der Waals surface area contributed by atoms with E-state index in [1.807, 2.05) is 0 Å². The molecular formula is C11H11ClO3. The number of carbonyl (C=O) groups is 1. The average Bonchev–Trinajstić information content (AvgIpc) is 2.22. The van der Waals surface area contributed by atoms with Crippen LogP contribution in [-0.2, 0) is 4.74 Å². The number of phenols is 1. The Morgan fingerprint density at radius 2 is 2.33 bits per heavy atom. The van der Waals surface area contributed by atoms with Gasteiger partial charge in [0.25, 0.3) is 0 Å². The predicted molar refractivity (Wildman–Crippen MR) is 58.5 cm³/mol. The summed E-state index contributed by atoms with van der Waals surface area (Å²) in [4.78, 5) is 11.5. The molecular weight excluding hydrogens is 216 g/mol. The van der Waals surface area contributed by atoms with Gasteiger partial charge in [-0.3, -0.25) is 4.79 Å². The van der Waals surface area contributed by atoms with Crippen LogP contribution in [0.1, 0.15) is 10.4 Å². The van der Waals surface area contributed by atoms with Crippen LogP contribution in [0.2, 0.25) is 5.02 Å². The number of benzene rings is 1. The summed E-state index contributed by atoms with van der Waals surface area (Å²) in [5.41, 5.74) is 0.173. The molecule has 4 heteroatoms. The standard InChI is InChI=1S/C11H11ClO3/c1-2-5-15-7-11(14)9-6-8(12)3-4-10(9)13/h2-4,6,13H,1,5,7H2. The van der Waals surface area contributed by atoms with E-state index in [1.54, 1.807) is 6.08 Å². The van der Waals surface area contributed by atoms with E-state index in [0.29, 0.717) is 11.6 Å². The third-order valence-corrected chi connectivity index (χ3v) is 1.96. The SMILES string of the molecule is C=CCOCC(=O)c1cc(Cl)ccc1O. The first-order chi connectivity index (χ1) is 7.15. The van der Waals surface area contributed by atoms with Crippen LogP contribution in [0.3, 0.4) is 0 Å². The summed E-state index contributed by atoms with van der Waals surface area (Å²) < 4.78 is 4.97. The molecule has 0 saturated carbocycles. The third kappa shape index (κ3) is 3.38. The van der Waals surface area contributed by atoms with E-state index in [2.05, 4.69) is 6.58 Å². The molecule has 0 bridgehead atoms. The van der Waals surface area contributed by atoms with Gasteiger partial charge in [-0.2, -0.15) is 0 Å². The molecule has 0 fully saturated rings. The smallest absolute Gasteiger partial charge is 0.192 e. The zero-order chi connectivity index (χ0) is 11.3. The van der Waals surface area contributed by atoms with Crippen LogP contribution in [0.25, 0.3) is 0 Å². The number of ketones is 1. The molecule has 1 rings (SSSR count). The van der Waals surface area contributed by atoms with Crippen LogP contribution in [0.5, 0.6) is 5.75 Å². The zero-order valence-corrected chi connectivity index (χ0v) is 8.83. The summed E-state index contributed by atoms with van der Waals surface area (Å²) in [5.74, 6) is -0.400. The second-order valence-corrected chi connectivity index (χ2v) is 3.32. The molecule has 0 unspecified atom stereocenters. The van der Waals surface area contributed by atoms with Crippen molar-refractivity contribution < 1.29 is 14.6 Å². The molecule has 0 heterocycles. The predicted octanol–water partition coefficient (Wildman–Crippen LogP) is 2.43. The van der Waals surface area contributed by atoms with Gasteiger partial charge in [0.05, 0.1) is 12.2 Å². The highest BCUT2D eigenvalue weighted by Crippen LogP contribution is 2.21. The van der Waals surface area contributed by atoms with Crippen molar-refractivity contribution in [3.63, 3.8) is 0 Å². The molecule has 0 aliphatic heterocycles. The second-order valence-electron chi connectivity index (χ2n) is 2.89. The summed E-state index contributed by atoms with van der Waals surface area (Å²) in [6.45, 7) is 3.66. The second kappa shape index (κ2) is 5.53. The summed E-state index contributed by atoms with van der Waals surface area (Å²) in [6, 6.07) is 4.30. The van der Waals surface area contributed by atoms with E-state index in [4.69, 9.17) is 16.3 Å². The van der Waals surface area contributed by atoms with Crippen LogP contribution in [-0.4, -0.2) is 24.1 Å². The van der Waals surface area contributed by atoms with Gasteiger partial charge < -0.3 is 9.84 Å². The van der Waals surface area contributed by atoms with Crippen LogP contribution in [0, 0.1) is 0 Å². The Morgan fingerprint density at radius 1 is 1.60 bits per heavy atom. The number of phenolic OH excluding ortho intramolecular Hbond substituents is 1. The molecule has 0 saturated heterocycles. The molecule has 0 aliphatic carbocycles. The first kappa shape index (κ1) is 11.8. The largest absolute Gasteiger partial charge is 0.507 e. The summed E-state index contributed by atoms with van der Waals surface area (Å²) in [7, 11) is 0. The lowest BCUT2D eigenvalue weighted by atomic mass is 10.1. The van der Waals surface area contributed by atoms with Gasteiger partial charge in [0.15, 0.2) is 5.78 Å². The van der Waals surface area contributed by atoms with E-state index in [-0.39, 0.29) is 23.7 Å². The van der Waals surface area contributed by atoms with E-state index in [9.17, 15) is 9.90 Å². The molecule has 15 heavy (non-hydrogen) atoms. The monoisotopic (exact) mass is 226 g/mol. The van der Waals surface area contributed by atoms with E-state index in [1.165, 1.54) is 18.2 Å². The number of Topliss-reactive ketones (excluding diaryl/α,β-unsaturated/α-hetero) is 1. The van der Waals surface area contributed by atoms with Crippen molar-refractivity contribution >= 4 is 17.4 Å². The van der Waals surface area contributed by atoms with Crippen molar-refractivity contribution in [2.75, 3.05) is 13.2 Å². The fraction of sp³-hybridized carbons (Fsp3) is 0.182. The number of rotatable bonds is 5. The number of ether oxygens (including phenoxy) is 1. The molecule has 1 N–H and O–H groups in total. The Bertz CT molecular complexity index is 374. The minimum absolute atomic E-state index is 0.0911. The van der Waals surface area contributed by atoms with Gasteiger partial charge in [0, 0.05) is 5.02 Å². The molecule has 0 aromatic heterocycles. The molecule has 0 amide bonds. The van der Waals surface area contributed by atoms with Crippen molar-refractivity contribution in [3.8, 4) is 5.75 Å². The van der Waals surface area contributed by atoms with Gasteiger partial charge in [-0.15, -0.1) is 6.58 Å². The third-order valence-electron chi connectivity index (χ3n) is 1.73. The molecule has 1 aromatic carbocycles. The number of carbonyl (C=O) groups excluding carboxylic acids is 1. The van der Waals surface area contributed by atoms with Gasteiger partial charge in [0.2, 0.25) is 0 Å². The fourth-order valence-corrected chi connectivity index (χ4v) is 1.22. The summed E-state index contributed by atoms with van der Waals surface area (Å²) in [5, 5.41) is 9.81. The number of hydrogen-bond donors (Lipinski definition) is 1. The Labute approximate surface area is 92.9 Å². The lowest BCUT2D eigenvalue weighted by Gasteiger charge is -2.04. The molecule has 0 spiro atoms. The number of aromatic hydroxyl groups is 1. The summed E-state index contributed by atoms with van der Waals surface area (Å²) >= 11 is 5.70. The maximum atomic E-state index is 11.5. The average molecular weight is 227 g/mol. The Balaban J connectivity index is 2.72. The van der Waals surface area contributed by atoms with Crippen LogP contribution in [0.4, 0.5) is 0 Å². The van der Waals surface area contributed by atoms with Gasteiger partial charge in [-0.25, -0.2) is 0 Å². The fourth-order valence-electron chi connectivity index (χ4n) is 1.04. The molecule has 0 aliphatic rings. The van der Waals surface area contributed by atoms with Crippen molar-refractivity contribution in [2.24, 2.45) is 0 Å². The van der Waals surface area contributed by atoms with Crippen molar-refractivity contribution in [3.05, 3.63) is 41.4 Å². The lowest BCUT2D eigenvalue weighted by Crippen LogP contribution is -2.09. The maximum Gasteiger partial charge on any atom is 0.192 e. The van der Waals surface area contributed by atoms with E-state index >= 15 is 0 Å². The van der Waals surface area contributed by atoms with Crippen LogP contribution < -0.4 is 0 Å².